The van der Waals surface area contributed by atoms with Crippen LogP contribution >= 0.6 is 27.3 Å². The average molecular weight is 313 g/mol. The molecule has 0 atom stereocenters. The third kappa shape index (κ3) is 2.32. The van der Waals surface area contributed by atoms with Crippen molar-refractivity contribution in [3.05, 3.63) is 33.9 Å². The summed E-state index contributed by atoms with van der Waals surface area (Å²) in [5.41, 5.74) is 7.49. The van der Waals surface area contributed by atoms with E-state index in [4.69, 9.17) is 10.8 Å². The molecule has 0 fully saturated rings. The number of carboxylic acids is 1. The molecule has 0 radical (unpaired) electrons. The number of rotatable bonds is 2. The number of nitrogens with two attached hydrogens (primary N) is 1. The Labute approximate surface area is 110 Å². The normalized spacial score (nSPS) is 10.5. The molecule has 0 saturated heterocycles. The first-order valence-electron chi connectivity index (χ1n) is 4.75. The molecule has 0 aliphatic rings. The Morgan fingerprint density at radius 3 is 2.76 bits per heavy atom. The molecule has 0 spiro atoms. The van der Waals surface area contributed by atoms with Crippen molar-refractivity contribution >= 4 is 38.2 Å². The van der Waals surface area contributed by atoms with Crippen LogP contribution in [0.4, 0.5) is 5.00 Å². The molecule has 0 bridgehead atoms. The molecular weight excluding hydrogens is 304 g/mol. The number of halogens is 1. The molecule has 3 N–H and O–H groups in total. The molecule has 6 heteroatoms. The van der Waals surface area contributed by atoms with E-state index in [1.54, 1.807) is 0 Å². The number of nitrogens with zero attached hydrogens (tertiary/aromatic N) is 1. The van der Waals surface area contributed by atoms with Crippen molar-refractivity contribution < 1.29 is 9.90 Å². The third-order valence-corrected chi connectivity index (χ3v) is 4.06. The SMILES string of the molecule is Cc1ccc(-c2nc(C(=O)O)c(N)s2)cc1Br. The lowest BCUT2D eigenvalue weighted by atomic mass is 10.2. The predicted molar refractivity (Wildman–Crippen MR) is 71.4 cm³/mol. The minimum Gasteiger partial charge on any atom is -0.476 e. The minimum atomic E-state index is -1.10. The zero-order valence-corrected chi connectivity index (χ0v) is 11.3. The number of aromatic nitrogens is 1. The van der Waals surface area contributed by atoms with Crippen LogP contribution in [0, 0.1) is 6.92 Å². The number of carbonyl (C=O) groups is 1. The Morgan fingerprint density at radius 2 is 2.24 bits per heavy atom. The minimum absolute atomic E-state index is 0.0818. The van der Waals surface area contributed by atoms with Gasteiger partial charge >= 0.3 is 5.97 Å². The van der Waals surface area contributed by atoms with Gasteiger partial charge in [-0.3, -0.25) is 0 Å². The zero-order valence-electron chi connectivity index (χ0n) is 8.90. The fraction of sp³-hybridized carbons (Fsp3) is 0.0909. The quantitative estimate of drug-likeness (QED) is 0.893. The number of aromatic carboxylic acids is 1. The smallest absolute Gasteiger partial charge is 0.357 e. The number of hydrogen-bond donors (Lipinski definition) is 2. The molecule has 0 aliphatic carbocycles. The Morgan fingerprint density at radius 1 is 1.53 bits per heavy atom. The molecule has 0 amide bonds. The monoisotopic (exact) mass is 312 g/mol. The van der Waals surface area contributed by atoms with Crippen LogP contribution in [0.5, 0.6) is 0 Å². The van der Waals surface area contributed by atoms with Gasteiger partial charge < -0.3 is 10.8 Å². The van der Waals surface area contributed by atoms with E-state index in [-0.39, 0.29) is 10.7 Å². The van der Waals surface area contributed by atoms with Crippen LogP contribution in [0.1, 0.15) is 16.1 Å². The molecule has 2 aromatic rings. The van der Waals surface area contributed by atoms with Gasteiger partial charge in [0.15, 0.2) is 5.69 Å². The van der Waals surface area contributed by atoms with Crippen LogP contribution < -0.4 is 5.73 Å². The molecule has 1 aromatic carbocycles. The lowest BCUT2D eigenvalue weighted by Crippen LogP contribution is -2.00. The van der Waals surface area contributed by atoms with Gasteiger partial charge in [-0.2, -0.15) is 0 Å². The van der Waals surface area contributed by atoms with Crippen molar-refractivity contribution in [2.45, 2.75) is 6.92 Å². The van der Waals surface area contributed by atoms with Gasteiger partial charge in [-0.15, -0.1) is 0 Å². The highest BCUT2D eigenvalue weighted by Crippen LogP contribution is 2.32. The summed E-state index contributed by atoms with van der Waals surface area (Å²) in [7, 11) is 0. The van der Waals surface area contributed by atoms with Gasteiger partial charge in [0.05, 0.1) is 0 Å². The van der Waals surface area contributed by atoms with Crippen molar-refractivity contribution in [2.24, 2.45) is 0 Å². The summed E-state index contributed by atoms with van der Waals surface area (Å²) < 4.78 is 0.959. The Balaban J connectivity index is 2.50. The van der Waals surface area contributed by atoms with E-state index < -0.39 is 5.97 Å². The first-order valence-corrected chi connectivity index (χ1v) is 6.36. The Hall–Kier alpha value is -1.40. The van der Waals surface area contributed by atoms with Gasteiger partial charge in [-0.1, -0.05) is 39.4 Å². The van der Waals surface area contributed by atoms with Crippen molar-refractivity contribution in [1.82, 2.24) is 4.98 Å². The van der Waals surface area contributed by atoms with Crippen LogP contribution in [-0.4, -0.2) is 16.1 Å². The Kier molecular flexibility index (Phi) is 3.17. The molecule has 1 heterocycles. The number of carboxylic acid groups (broad SMARTS) is 1. The molecule has 0 unspecified atom stereocenters. The van der Waals surface area contributed by atoms with Crippen molar-refractivity contribution in [3.8, 4) is 10.6 Å². The lowest BCUT2D eigenvalue weighted by Gasteiger charge is -2.00. The fourth-order valence-electron chi connectivity index (χ4n) is 1.33. The lowest BCUT2D eigenvalue weighted by molar-refractivity contribution is 0.0692. The second-order valence-corrected chi connectivity index (χ2v) is 5.39. The largest absolute Gasteiger partial charge is 0.476 e. The molecule has 1 aromatic heterocycles. The number of hydrogen-bond acceptors (Lipinski definition) is 4. The van der Waals surface area contributed by atoms with E-state index in [0.717, 1.165) is 15.6 Å². The van der Waals surface area contributed by atoms with Gasteiger partial charge in [0.1, 0.15) is 10.0 Å². The molecular formula is C11H9BrN2O2S. The van der Waals surface area contributed by atoms with E-state index >= 15 is 0 Å². The third-order valence-electron chi connectivity index (χ3n) is 2.27. The highest BCUT2D eigenvalue weighted by molar-refractivity contribution is 9.10. The second kappa shape index (κ2) is 4.46. The number of aryl methyl sites for hydroxylation is 1. The van der Waals surface area contributed by atoms with E-state index in [0.29, 0.717) is 5.01 Å². The number of thiazole rings is 1. The van der Waals surface area contributed by atoms with Crippen LogP contribution in [0.2, 0.25) is 0 Å². The van der Waals surface area contributed by atoms with E-state index in [2.05, 4.69) is 20.9 Å². The second-order valence-electron chi connectivity index (χ2n) is 3.50. The number of nitrogen functional groups attached to an aromatic ring is 1. The fourth-order valence-corrected chi connectivity index (χ4v) is 2.53. The van der Waals surface area contributed by atoms with Crippen molar-refractivity contribution in [1.29, 1.82) is 0 Å². The van der Waals surface area contributed by atoms with Gasteiger partial charge in [-0.05, 0) is 18.6 Å². The van der Waals surface area contributed by atoms with E-state index in [1.807, 2.05) is 25.1 Å². The average Bonchev–Trinajstić information content (AvgIpc) is 2.64. The van der Waals surface area contributed by atoms with Crippen LogP contribution in [0.15, 0.2) is 22.7 Å². The van der Waals surface area contributed by atoms with Gasteiger partial charge in [-0.25, -0.2) is 9.78 Å². The molecule has 88 valence electrons. The predicted octanol–water partition coefficient (Wildman–Crippen LogP) is 3.16. The molecule has 2 rings (SSSR count). The number of benzene rings is 1. The summed E-state index contributed by atoms with van der Waals surface area (Å²) in [6.45, 7) is 1.98. The molecule has 17 heavy (non-hydrogen) atoms. The van der Waals surface area contributed by atoms with Crippen molar-refractivity contribution in [3.63, 3.8) is 0 Å². The first kappa shape index (κ1) is 12.1. The topological polar surface area (TPSA) is 76.2 Å². The highest BCUT2D eigenvalue weighted by Gasteiger charge is 2.16. The van der Waals surface area contributed by atoms with Gasteiger partial charge in [0.25, 0.3) is 0 Å². The summed E-state index contributed by atoms with van der Waals surface area (Å²) in [5.74, 6) is -1.10. The van der Waals surface area contributed by atoms with Gasteiger partial charge in [0, 0.05) is 10.0 Å². The summed E-state index contributed by atoms with van der Waals surface area (Å²) in [5, 5.41) is 9.72. The van der Waals surface area contributed by atoms with Crippen LogP contribution in [0.3, 0.4) is 0 Å². The van der Waals surface area contributed by atoms with Gasteiger partial charge in [0.2, 0.25) is 0 Å². The first-order chi connectivity index (χ1) is 7.99. The maximum atomic E-state index is 10.8. The summed E-state index contributed by atoms with van der Waals surface area (Å²) in [6, 6.07) is 5.74. The Bertz CT molecular complexity index is 595. The summed E-state index contributed by atoms with van der Waals surface area (Å²) in [6.07, 6.45) is 0. The summed E-state index contributed by atoms with van der Waals surface area (Å²) >= 11 is 4.60. The molecule has 4 nitrogen and oxygen atoms in total. The standard InChI is InChI=1S/C11H9BrN2O2S/c1-5-2-3-6(4-7(5)12)10-14-8(11(15)16)9(13)17-10/h2-4H,13H2,1H3,(H,15,16). The zero-order chi connectivity index (χ0) is 12.6. The highest BCUT2D eigenvalue weighted by atomic mass is 79.9. The van der Waals surface area contributed by atoms with Crippen LogP contribution in [-0.2, 0) is 0 Å². The van der Waals surface area contributed by atoms with Crippen LogP contribution in [0.25, 0.3) is 10.6 Å². The maximum Gasteiger partial charge on any atom is 0.357 e. The van der Waals surface area contributed by atoms with Crippen molar-refractivity contribution in [2.75, 3.05) is 5.73 Å². The van der Waals surface area contributed by atoms with E-state index in [1.165, 1.54) is 11.3 Å². The number of anilines is 1. The van der Waals surface area contributed by atoms with E-state index in [9.17, 15) is 4.79 Å². The molecule has 0 saturated carbocycles. The summed E-state index contributed by atoms with van der Waals surface area (Å²) in [4.78, 5) is 14.9. The maximum absolute atomic E-state index is 10.8. The molecule has 0 aliphatic heterocycles.